The fourth-order valence-electron chi connectivity index (χ4n) is 3.61. The fourth-order valence-corrected chi connectivity index (χ4v) is 5.27. The number of aromatic nitrogens is 2. The number of likely N-dealkylation sites (tertiary alicyclic amines) is 1. The summed E-state index contributed by atoms with van der Waals surface area (Å²) in [5, 5.41) is -0.249. The minimum atomic E-state index is -3.24. The van der Waals surface area contributed by atoms with Crippen LogP contribution in [0.25, 0.3) is 0 Å². The molecule has 2 aliphatic rings. The standard InChI is InChI=1S/C23H29N3O6S/c1-15(2)30-23(27)26-12-10-18(11-13-26)32-22-16(3)21(24-14-25-22)31-17-4-6-19(7-5-17)33(28,29)20-8-9-20/h4-7,14-15,18,20H,8-13H2,1-3H3. The van der Waals surface area contributed by atoms with Crippen LogP contribution in [0.3, 0.4) is 0 Å². The summed E-state index contributed by atoms with van der Waals surface area (Å²) in [7, 11) is -3.24. The lowest BCUT2D eigenvalue weighted by Crippen LogP contribution is -2.42. The largest absolute Gasteiger partial charge is 0.474 e. The Morgan fingerprint density at radius 2 is 1.67 bits per heavy atom. The monoisotopic (exact) mass is 475 g/mol. The Morgan fingerprint density at radius 1 is 1.03 bits per heavy atom. The number of sulfone groups is 1. The Labute approximate surface area is 194 Å². The van der Waals surface area contributed by atoms with Crippen LogP contribution in [0.1, 0.15) is 45.1 Å². The Hall–Kier alpha value is -2.88. The van der Waals surface area contributed by atoms with E-state index in [9.17, 15) is 13.2 Å². The van der Waals surface area contributed by atoms with E-state index in [0.29, 0.717) is 53.9 Å². The van der Waals surface area contributed by atoms with Gasteiger partial charge < -0.3 is 19.1 Å². The van der Waals surface area contributed by atoms with E-state index >= 15 is 0 Å². The van der Waals surface area contributed by atoms with E-state index in [4.69, 9.17) is 14.2 Å². The number of carbonyl (C=O) groups excluding carboxylic acids is 1. The molecule has 1 aliphatic heterocycles. The van der Waals surface area contributed by atoms with Crippen LogP contribution in [0, 0.1) is 6.92 Å². The van der Waals surface area contributed by atoms with Crippen LogP contribution in [-0.4, -0.2) is 59.9 Å². The Morgan fingerprint density at radius 3 is 2.27 bits per heavy atom. The molecule has 0 atom stereocenters. The zero-order valence-corrected chi connectivity index (χ0v) is 19.9. The fraction of sp³-hybridized carbons (Fsp3) is 0.522. The second-order valence-electron chi connectivity index (χ2n) is 8.66. The summed E-state index contributed by atoms with van der Waals surface area (Å²) in [5.41, 5.74) is 0.647. The molecule has 0 unspecified atom stereocenters. The molecule has 1 amide bonds. The molecule has 9 nitrogen and oxygen atoms in total. The highest BCUT2D eigenvalue weighted by atomic mass is 32.2. The molecule has 2 aromatic rings. The first-order valence-electron chi connectivity index (χ1n) is 11.2. The van der Waals surface area contributed by atoms with Crippen molar-refractivity contribution in [2.24, 2.45) is 0 Å². The lowest BCUT2D eigenvalue weighted by atomic mass is 10.1. The molecule has 1 aromatic carbocycles. The van der Waals surface area contributed by atoms with Crippen LogP contribution >= 0.6 is 0 Å². The van der Waals surface area contributed by atoms with Crippen LogP contribution in [0.5, 0.6) is 17.5 Å². The van der Waals surface area contributed by atoms with E-state index < -0.39 is 9.84 Å². The highest BCUT2D eigenvalue weighted by molar-refractivity contribution is 7.92. The van der Waals surface area contributed by atoms with Crippen molar-refractivity contribution < 1.29 is 27.4 Å². The van der Waals surface area contributed by atoms with Gasteiger partial charge in [0.25, 0.3) is 0 Å². The number of nitrogens with zero attached hydrogens (tertiary/aromatic N) is 3. The van der Waals surface area contributed by atoms with Crippen molar-refractivity contribution in [2.75, 3.05) is 13.1 Å². The minimum absolute atomic E-state index is 0.0820. The quantitative estimate of drug-likeness (QED) is 0.593. The summed E-state index contributed by atoms with van der Waals surface area (Å²) >= 11 is 0. The van der Waals surface area contributed by atoms with Crippen LogP contribution in [-0.2, 0) is 14.6 Å². The number of carbonyl (C=O) groups is 1. The number of benzene rings is 1. The molecule has 4 rings (SSSR count). The topological polar surface area (TPSA) is 108 Å². The molecule has 0 bridgehead atoms. The number of piperidine rings is 1. The molecule has 0 N–H and O–H groups in total. The second-order valence-corrected chi connectivity index (χ2v) is 10.9. The molecule has 0 radical (unpaired) electrons. The van der Waals surface area contributed by atoms with E-state index in [1.54, 1.807) is 29.2 Å². The number of hydrogen-bond donors (Lipinski definition) is 0. The van der Waals surface area contributed by atoms with E-state index in [1.165, 1.54) is 6.33 Å². The van der Waals surface area contributed by atoms with E-state index in [2.05, 4.69) is 9.97 Å². The molecule has 0 spiro atoms. The van der Waals surface area contributed by atoms with Gasteiger partial charge in [-0.05, 0) is 57.9 Å². The summed E-state index contributed by atoms with van der Waals surface area (Å²) in [5.74, 6) is 1.25. The molecular weight excluding hydrogens is 446 g/mol. The van der Waals surface area contributed by atoms with Gasteiger partial charge in [0.2, 0.25) is 11.8 Å². The van der Waals surface area contributed by atoms with Crippen LogP contribution < -0.4 is 9.47 Å². The summed E-state index contributed by atoms with van der Waals surface area (Å²) in [6.45, 7) is 6.58. The van der Waals surface area contributed by atoms with Gasteiger partial charge >= 0.3 is 6.09 Å². The molecule has 2 heterocycles. The third-order valence-corrected chi connectivity index (χ3v) is 7.91. The van der Waals surface area contributed by atoms with Crippen molar-refractivity contribution in [3.05, 3.63) is 36.2 Å². The first-order chi connectivity index (χ1) is 15.7. The first-order valence-corrected chi connectivity index (χ1v) is 12.7. The average Bonchev–Trinajstić information content (AvgIpc) is 3.63. The normalized spacial score (nSPS) is 17.2. The lowest BCUT2D eigenvalue weighted by Gasteiger charge is -2.31. The second kappa shape index (κ2) is 9.54. The maximum absolute atomic E-state index is 12.3. The number of hydrogen-bond acceptors (Lipinski definition) is 8. The SMILES string of the molecule is Cc1c(Oc2ccc(S(=O)(=O)C3CC3)cc2)ncnc1OC1CCN(C(=O)OC(C)C)CC1. The summed E-state index contributed by atoms with van der Waals surface area (Å²) in [6, 6.07) is 6.39. The molecule has 1 aromatic heterocycles. The van der Waals surface area contributed by atoms with Crippen molar-refractivity contribution >= 4 is 15.9 Å². The first kappa shape index (κ1) is 23.3. The summed E-state index contributed by atoms with van der Waals surface area (Å²) < 4.78 is 41.9. The smallest absolute Gasteiger partial charge is 0.410 e. The predicted molar refractivity (Wildman–Crippen MR) is 120 cm³/mol. The Balaban J connectivity index is 1.37. The van der Waals surface area contributed by atoms with Gasteiger partial charge in [-0.2, -0.15) is 0 Å². The van der Waals surface area contributed by atoms with Gasteiger partial charge in [0, 0.05) is 25.9 Å². The summed E-state index contributed by atoms with van der Waals surface area (Å²) in [4.78, 5) is 22.5. The third-order valence-electron chi connectivity index (χ3n) is 5.64. The van der Waals surface area contributed by atoms with Gasteiger partial charge in [-0.15, -0.1) is 0 Å². The molecule has 2 fully saturated rings. The van der Waals surface area contributed by atoms with E-state index in [-0.39, 0.29) is 23.6 Å². The maximum Gasteiger partial charge on any atom is 0.410 e. The van der Waals surface area contributed by atoms with Gasteiger partial charge in [0.05, 0.1) is 21.8 Å². The van der Waals surface area contributed by atoms with Crippen molar-refractivity contribution in [1.29, 1.82) is 0 Å². The number of amides is 1. The minimum Gasteiger partial charge on any atom is -0.474 e. The molecule has 1 saturated heterocycles. The number of ether oxygens (including phenoxy) is 3. The van der Waals surface area contributed by atoms with Crippen molar-refractivity contribution in [3.63, 3.8) is 0 Å². The van der Waals surface area contributed by atoms with Gasteiger partial charge in [0.1, 0.15) is 18.2 Å². The highest BCUT2D eigenvalue weighted by Gasteiger charge is 2.36. The van der Waals surface area contributed by atoms with Crippen molar-refractivity contribution in [2.45, 2.75) is 68.8 Å². The van der Waals surface area contributed by atoms with Gasteiger partial charge in [-0.3, -0.25) is 0 Å². The zero-order chi connectivity index (χ0) is 23.6. The number of rotatable bonds is 7. The van der Waals surface area contributed by atoms with Gasteiger partial charge in [-0.25, -0.2) is 23.2 Å². The van der Waals surface area contributed by atoms with Gasteiger partial charge in [-0.1, -0.05) is 0 Å². The van der Waals surface area contributed by atoms with Crippen LogP contribution in [0.2, 0.25) is 0 Å². The molecule has 178 valence electrons. The van der Waals surface area contributed by atoms with E-state index in [1.807, 2.05) is 20.8 Å². The van der Waals surface area contributed by atoms with Crippen LogP contribution in [0.15, 0.2) is 35.5 Å². The lowest BCUT2D eigenvalue weighted by molar-refractivity contribution is 0.0505. The molecule has 1 aliphatic carbocycles. The highest BCUT2D eigenvalue weighted by Crippen LogP contribution is 2.35. The molecule has 1 saturated carbocycles. The van der Waals surface area contributed by atoms with E-state index in [0.717, 1.165) is 12.8 Å². The zero-order valence-electron chi connectivity index (χ0n) is 19.1. The molecular formula is C23H29N3O6S. The average molecular weight is 476 g/mol. The molecule has 33 heavy (non-hydrogen) atoms. The van der Waals surface area contributed by atoms with Gasteiger partial charge in [0.15, 0.2) is 9.84 Å². The van der Waals surface area contributed by atoms with Crippen molar-refractivity contribution in [3.8, 4) is 17.5 Å². The van der Waals surface area contributed by atoms with Crippen LogP contribution in [0.4, 0.5) is 4.79 Å². The Kier molecular flexibility index (Phi) is 6.73. The third kappa shape index (κ3) is 5.55. The molecule has 10 heteroatoms. The maximum atomic E-state index is 12.3. The summed E-state index contributed by atoms with van der Waals surface area (Å²) in [6.07, 6.45) is 3.64. The Bertz CT molecular complexity index is 1090. The predicted octanol–water partition coefficient (Wildman–Crippen LogP) is 3.90. The van der Waals surface area contributed by atoms with Crippen molar-refractivity contribution in [1.82, 2.24) is 14.9 Å².